The first-order valence-electron chi connectivity index (χ1n) is 5.68. The van der Waals surface area contributed by atoms with Crippen molar-refractivity contribution in [1.82, 2.24) is 0 Å². The second kappa shape index (κ2) is 7.55. The van der Waals surface area contributed by atoms with Crippen molar-refractivity contribution in [1.29, 1.82) is 5.26 Å². The third-order valence-corrected chi connectivity index (χ3v) is 3.51. The summed E-state index contributed by atoms with van der Waals surface area (Å²) < 4.78 is 6.47. The predicted octanol–water partition coefficient (Wildman–Crippen LogP) is 4.57. The van der Waals surface area contributed by atoms with Gasteiger partial charge in [0.2, 0.25) is 0 Å². The summed E-state index contributed by atoms with van der Waals surface area (Å²) in [6, 6.07) is 5.28. The molecule has 3 nitrogen and oxygen atoms in total. The van der Waals surface area contributed by atoms with Gasteiger partial charge in [-0.3, -0.25) is 4.79 Å². The van der Waals surface area contributed by atoms with Crippen molar-refractivity contribution in [3.8, 4) is 11.8 Å². The number of carbonyl (C=O) groups is 1. The number of hydrogen-bond acceptors (Lipinski definition) is 3. The van der Waals surface area contributed by atoms with Crippen LogP contribution in [0.1, 0.15) is 38.2 Å². The van der Waals surface area contributed by atoms with E-state index in [4.69, 9.17) is 10.00 Å². The maximum Gasteiger partial charge on any atom is 0.311 e. The quantitative estimate of drug-likeness (QED) is 0.431. The van der Waals surface area contributed by atoms with Crippen LogP contribution in [0.15, 0.2) is 21.1 Å². The standard InChI is InChI=1S/C13H13Br2NO2/c1-2-3-4-5-12(17)18-13-10(14)6-9(8-16)7-11(13)15/h6-7H,2-5H2,1H3. The van der Waals surface area contributed by atoms with E-state index in [0.717, 1.165) is 19.3 Å². The number of nitrogens with zero attached hydrogens (tertiary/aromatic N) is 1. The predicted molar refractivity (Wildman–Crippen MR) is 76.3 cm³/mol. The van der Waals surface area contributed by atoms with E-state index in [-0.39, 0.29) is 5.97 Å². The van der Waals surface area contributed by atoms with Crippen LogP contribution in [-0.2, 0) is 4.79 Å². The normalized spacial score (nSPS) is 9.89. The molecular weight excluding hydrogens is 362 g/mol. The summed E-state index contributed by atoms with van der Waals surface area (Å²) in [6.45, 7) is 2.08. The second-order valence-electron chi connectivity index (χ2n) is 3.81. The number of rotatable bonds is 5. The van der Waals surface area contributed by atoms with E-state index < -0.39 is 0 Å². The number of hydrogen-bond donors (Lipinski definition) is 0. The Morgan fingerprint density at radius 3 is 2.44 bits per heavy atom. The van der Waals surface area contributed by atoms with Crippen LogP contribution in [0.5, 0.6) is 5.75 Å². The maximum atomic E-state index is 11.6. The fourth-order valence-corrected chi connectivity index (χ4v) is 2.75. The number of halogens is 2. The van der Waals surface area contributed by atoms with Gasteiger partial charge in [-0.05, 0) is 50.4 Å². The molecule has 0 aliphatic rings. The molecule has 0 spiro atoms. The average Bonchev–Trinajstić information content (AvgIpc) is 2.34. The Balaban J connectivity index is 2.73. The molecule has 0 saturated heterocycles. The van der Waals surface area contributed by atoms with Gasteiger partial charge >= 0.3 is 5.97 Å². The lowest BCUT2D eigenvalue weighted by Gasteiger charge is -2.08. The summed E-state index contributed by atoms with van der Waals surface area (Å²) in [7, 11) is 0. The molecule has 0 amide bonds. The second-order valence-corrected chi connectivity index (χ2v) is 5.52. The zero-order valence-corrected chi connectivity index (χ0v) is 13.2. The summed E-state index contributed by atoms with van der Waals surface area (Å²) in [5.41, 5.74) is 0.500. The number of ether oxygens (including phenoxy) is 1. The highest BCUT2D eigenvalue weighted by molar-refractivity contribution is 9.11. The van der Waals surface area contributed by atoms with Crippen LogP contribution in [0.3, 0.4) is 0 Å². The van der Waals surface area contributed by atoms with Crippen molar-refractivity contribution >= 4 is 37.8 Å². The number of nitriles is 1. The highest BCUT2D eigenvalue weighted by atomic mass is 79.9. The molecule has 0 atom stereocenters. The Morgan fingerprint density at radius 1 is 1.33 bits per heavy atom. The van der Waals surface area contributed by atoms with Gasteiger partial charge in [-0.1, -0.05) is 19.8 Å². The van der Waals surface area contributed by atoms with Gasteiger partial charge < -0.3 is 4.74 Å². The molecule has 5 heteroatoms. The smallest absolute Gasteiger partial charge is 0.311 e. The Bertz CT molecular complexity index is 457. The third kappa shape index (κ3) is 4.43. The van der Waals surface area contributed by atoms with Crippen LogP contribution in [-0.4, -0.2) is 5.97 Å². The first-order chi connectivity index (χ1) is 8.58. The minimum Gasteiger partial charge on any atom is -0.424 e. The Morgan fingerprint density at radius 2 is 1.94 bits per heavy atom. The van der Waals surface area contributed by atoms with Crippen LogP contribution in [0.4, 0.5) is 0 Å². The van der Waals surface area contributed by atoms with Gasteiger partial charge in [0.15, 0.2) is 5.75 Å². The fourth-order valence-electron chi connectivity index (χ4n) is 1.41. The molecule has 0 aromatic heterocycles. The van der Waals surface area contributed by atoms with E-state index >= 15 is 0 Å². The lowest BCUT2D eigenvalue weighted by atomic mass is 10.2. The summed E-state index contributed by atoms with van der Waals surface area (Å²) >= 11 is 6.58. The number of benzene rings is 1. The van der Waals surface area contributed by atoms with Crippen molar-refractivity contribution in [2.24, 2.45) is 0 Å². The van der Waals surface area contributed by atoms with Crippen LogP contribution in [0.25, 0.3) is 0 Å². The molecule has 0 heterocycles. The molecule has 96 valence electrons. The molecule has 1 aromatic carbocycles. The number of esters is 1. The minimum atomic E-state index is -0.255. The van der Waals surface area contributed by atoms with E-state index in [1.807, 2.05) is 6.07 Å². The summed E-state index contributed by atoms with van der Waals surface area (Å²) in [4.78, 5) is 11.6. The Kier molecular flexibility index (Phi) is 6.37. The lowest BCUT2D eigenvalue weighted by Crippen LogP contribution is -2.08. The van der Waals surface area contributed by atoms with Gasteiger partial charge in [0.25, 0.3) is 0 Å². The molecule has 0 aliphatic carbocycles. The fraction of sp³-hybridized carbons (Fsp3) is 0.385. The number of unbranched alkanes of at least 4 members (excludes halogenated alkanes) is 2. The third-order valence-electron chi connectivity index (χ3n) is 2.33. The van der Waals surface area contributed by atoms with Gasteiger partial charge in [-0.15, -0.1) is 0 Å². The average molecular weight is 375 g/mol. The molecule has 1 aromatic rings. The molecule has 0 unspecified atom stereocenters. The van der Waals surface area contributed by atoms with Crippen molar-refractivity contribution in [2.75, 3.05) is 0 Å². The SMILES string of the molecule is CCCCCC(=O)Oc1c(Br)cc(C#N)cc1Br. The summed E-state index contributed by atoms with van der Waals surface area (Å²) in [5, 5.41) is 8.80. The van der Waals surface area contributed by atoms with Crippen LogP contribution in [0.2, 0.25) is 0 Å². The first-order valence-corrected chi connectivity index (χ1v) is 7.27. The largest absolute Gasteiger partial charge is 0.424 e. The molecule has 0 N–H and O–H groups in total. The highest BCUT2D eigenvalue weighted by Crippen LogP contribution is 2.34. The van der Waals surface area contributed by atoms with E-state index in [9.17, 15) is 4.79 Å². The molecule has 0 bridgehead atoms. The van der Waals surface area contributed by atoms with Crippen LogP contribution < -0.4 is 4.74 Å². The molecular formula is C13H13Br2NO2. The minimum absolute atomic E-state index is 0.255. The van der Waals surface area contributed by atoms with E-state index in [1.165, 1.54) is 0 Å². The molecule has 18 heavy (non-hydrogen) atoms. The molecule has 0 radical (unpaired) electrons. The van der Waals surface area contributed by atoms with Gasteiger partial charge in [0.05, 0.1) is 20.6 Å². The van der Waals surface area contributed by atoms with Gasteiger partial charge in [-0.2, -0.15) is 5.26 Å². The van der Waals surface area contributed by atoms with Crippen LogP contribution in [0, 0.1) is 11.3 Å². The monoisotopic (exact) mass is 373 g/mol. The van der Waals surface area contributed by atoms with Crippen molar-refractivity contribution in [3.05, 3.63) is 26.6 Å². The molecule has 0 fully saturated rings. The van der Waals surface area contributed by atoms with Crippen molar-refractivity contribution in [3.63, 3.8) is 0 Å². The molecule has 0 saturated carbocycles. The topological polar surface area (TPSA) is 50.1 Å². The zero-order valence-electron chi connectivity index (χ0n) is 10.0. The summed E-state index contributed by atoms with van der Waals surface area (Å²) in [5.74, 6) is 0.171. The summed E-state index contributed by atoms with van der Waals surface area (Å²) in [6.07, 6.45) is 3.33. The molecule has 1 rings (SSSR count). The highest BCUT2D eigenvalue weighted by Gasteiger charge is 2.13. The van der Waals surface area contributed by atoms with Crippen molar-refractivity contribution < 1.29 is 9.53 Å². The van der Waals surface area contributed by atoms with E-state index in [0.29, 0.717) is 26.7 Å². The van der Waals surface area contributed by atoms with Crippen LogP contribution >= 0.6 is 31.9 Å². The van der Waals surface area contributed by atoms with E-state index in [1.54, 1.807) is 12.1 Å². The Labute approximate surface area is 123 Å². The first kappa shape index (κ1) is 15.2. The van der Waals surface area contributed by atoms with Crippen molar-refractivity contribution in [2.45, 2.75) is 32.6 Å². The van der Waals surface area contributed by atoms with Gasteiger partial charge in [-0.25, -0.2) is 0 Å². The molecule has 0 aliphatic heterocycles. The zero-order chi connectivity index (χ0) is 13.5. The van der Waals surface area contributed by atoms with Gasteiger partial charge in [0, 0.05) is 6.42 Å². The Hall–Kier alpha value is -0.860. The van der Waals surface area contributed by atoms with Gasteiger partial charge in [0.1, 0.15) is 0 Å². The number of carbonyl (C=O) groups excluding carboxylic acids is 1. The maximum absolute atomic E-state index is 11.6. The van der Waals surface area contributed by atoms with E-state index in [2.05, 4.69) is 38.8 Å². The lowest BCUT2D eigenvalue weighted by molar-refractivity contribution is -0.134.